The van der Waals surface area contributed by atoms with Crippen LogP contribution in [0.1, 0.15) is 31.7 Å². The molecule has 0 spiro atoms. The van der Waals surface area contributed by atoms with E-state index in [1.165, 1.54) is 6.07 Å². The van der Waals surface area contributed by atoms with E-state index in [1.54, 1.807) is 12.1 Å². The molecule has 1 aromatic rings. The first kappa shape index (κ1) is 10.5. The van der Waals surface area contributed by atoms with Gasteiger partial charge >= 0.3 is 0 Å². The number of hydrogen-bond donors (Lipinski definition) is 0. The van der Waals surface area contributed by atoms with Crippen LogP contribution in [-0.2, 0) is 0 Å². The molecule has 0 saturated carbocycles. The van der Waals surface area contributed by atoms with Crippen LogP contribution in [0.5, 0.6) is 0 Å². The predicted octanol–water partition coefficient (Wildman–Crippen LogP) is 3.95. The Hall–Kier alpha value is -0.560. The summed E-state index contributed by atoms with van der Waals surface area (Å²) in [4.78, 5) is 0. The summed E-state index contributed by atoms with van der Waals surface area (Å²) < 4.78 is 12.9. The van der Waals surface area contributed by atoms with Gasteiger partial charge in [0, 0.05) is 5.38 Å². The molecule has 72 valence electrons. The molecule has 0 heterocycles. The van der Waals surface area contributed by atoms with Crippen molar-refractivity contribution >= 4 is 11.6 Å². The van der Waals surface area contributed by atoms with Gasteiger partial charge < -0.3 is 0 Å². The van der Waals surface area contributed by atoms with Crippen LogP contribution < -0.4 is 0 Å². The van der Waals surface area contributed by atoms with Gasteiger partial charge in [0.25, 0.3) is 0 Å². The van der Waals surface area contributed by atoms with E-state index >= 15 is 0 Å². The third-order valence-corrected chi connectivity index (χ3v) is 2.58. The van der Waals surface area contributed by atoms with Crippen molar-refractivity contribution in [2.45, 2.75) is 31.6 Å². The zero-order valence-electron chi connectivity index (χ0n) is 7.93. The molecule has 0 aliphatic rings. The second-order valence-electron chi connectivity index (χ2n) is 3.25. The molecule has 2 atom stereocenters. The maximum Gasteiger partial charge on any atom is 0.123 e. The van der Waals surface area contributed by atoms with Gasteiger partial charge in [-0.2, -0.15) is 0 Å². The molecule has 0 N–H and O–H groups in total. The Morgan fingerprint density at radius 3 is 2.62 bits per heavy atom. The van der Waals surface area contributed by atoms with Gasteiger partial charge in [-0.1, -0.05) is 19.1 Å². The molecule has 0 fully saturated rings. The lowest BCUT2D eigenvalue weighted by molar-refractivity contribution is 0.608. The van der Waals surface area contributed by atoms with Gasteiger partial charge in [0.1, 0.15) is 5.82 Å². The van der Waals surface area contributed by atoms with Crippen LogP contribution in [0.25, 0.3) is 0 Å². The summed E-state index contributed by atoms with van der Waals surface area (Å²) in [5.74, 6) is 0.0608. The van der Waals surface area contributed by atoms with E-state index < -0.39 is 0 Å². The largest absolute Gasteiger partial charge is 0.207 e. The van der Waals surface area contributed by atoms with Crippen molar-refractivity contribution in [2.75, 3.05) is 0 Å². The van der Waals surface area contributed by atoms with Crippen molar-refractivity contribution in [3.05, 3.63) is 35.6 Å². The van der Waals surface area contributed by atoms with Crippen LogP contribution in [0.2, 0.25) is 0 Å². The third-order valence-electron chi connectivity index (χ3n) is 2.27. The number of hydrogen-bond acceptors (Lipinski definition) is 0. The highest BCUT2D eigenvalue weighted by molar-refractivity contribution is 6.20. The van der Waals surface area contributed by atoms with Gasteiger partial charge in [-0.3, -0.25) is 0 Å². The molecule has 0 aromatic heterocycles. The van der Waals surface area contributed by atoms with E-state index in [-0.39, 0.29) is 17.1 Å². The highest BCUT2D eigenvalue weighted by atomic mass is 35.5. The van der Waals surface area contributed by atoms with E-state index in [0.29, 0.717) is 0 Å². The molecule has 0 radical (unpaired) electrons. The van der Waals surface area contributed by atoms with Gasteiger partial charge in [0.2, 0.25) is 0 Å². The first-order valence-electron chi connectivity index (χ1n) is 4.54. The fourth-order valence-corrected chi connectivity index (χ4v) is 1.89. The van der Waals surface area contributed by atoms with Crippen molar-refractivity contribution in [3.63, 3.8) is 0 Å². The summed E-state index contributed by atoms with van der Waals surface area (Å²) in [6.45, 7) is 4.01. The molecule has 0 aliphatic carbocycles. The molecule has 0 saturated heterocycles. The summed E-state index contributed by atoms with van der Waals surface area (Å²) in [5.41, 5.74) is 0.991. The minimum absolute atomic E-state index is 0.0480. The van der Waals surface area contributed by atoms with Gasteiger partial charge in [0.15, 0.2) is 0 Å². The van der Waals surface area contributed by atoms with Crippen molar-refractivity contribution < 1.29 is 4.39 Å². The van der Waals surface area contributed by atoms with E-state index in [9.17, 15) is 4.39 Å². The highest BCUT2D eigenvalue weighted by Gasteiger charge is 2.15. The summed E-state index contributed by atoms with van der Waals surface area (Å²) in [7, 11) is 0. The minimum atomic E-state index is -0.187. The molecule has 0 aliphatic heterocycles. The topological polar surface area (TPSA) is 0 Å². The van der Waals surface area contributed by atoms with Crippen LogP contribution >= 0.6 is 11.6 Å². The lowest BCUT2D eigenvalue weighted by Crippen LogP contribution is -2.08. The summed E-state index contributed by atoms with van der Waals surface area (Å²) in [5, 5.41) is 0.0480. The number of benzene rings is 1. The summed E-state index contributed by atoms with van der Waals surface area (Å²) in [6.07, 6.45) is 0.939. The van der Waals surface area contributed by atoms with E-state index in [1.807, 2.05) is 13.0 Å². The lowest BCUT2D eigenvalue weighted by atomic mass is 9.94. The Kier molecular flexibility index (Phi) is 3.73. The molecule has 13 heavy (non-hydrogen) atoms. The van der Waals surface area contributed by atoms with Crippen LogP contribution in [0.3, 0.4) is 0 Å². The van der Waals surface area contributed by atoms with Crippen LogP contribution in [0.4, 0.5) is 4.39 Å². The fourth-order valence-electron chi connectivity index (χ4n) is 1.56. The number of halogens is 2. The van der Waals surface area contributed by atoms with Crippen LogP contribution in [0, 0.1) is 5.82 Å². The average molecular weight is 201 g/mol. The number of alkyl halides is 1. The molecule has 2 unspecified atom stereocenters. The zero-order valence-corrected chi connectivity index (χ0v) is 8.68. The summed E-state index contributed by atoms with van der Waals surface area (Å²) in [6, 6.07) is 6.67. The van der Waals surface area contributed by atoms with E-state index in [0.717, 1.165) is 12.0 Å². The molecule has 1 rings (SSSR count). The van der Waals surface area contributed by atoms with Crippen molar-refractivity contribution in [3.8, 4) is 0 Å². The number of rotatable bonds is 3. The Morgan fingerprint density at radius 1 is 1.46 bits per heavy atom. The van der Waals surface area contributed by atoms with Crippen molar-refractivity contribution in [1.82, 2.24) is 0 Å². The predicted molar refractivity (Wildman–Crippen MR) is 54.7 cm³/mol. The molecule has 1 aromatic carbocycles. The Labute approximate surface area is 83.7 Å². The average Bonchev–Trinajstić information content (AvgIpc) is 2.04. The molecular formula is C11H14ClF. The quantitative estimate of drug-likeness (QED) is 0.649. The van der Waals surface area contributed by atoms with Crippen molar-refractivity contribution in [1.29, 1.82) is 0 Å². The second kappa shape index (κ2) is 4.61. The van der Waals surface area contributed by atoms with E-state index in [2.05, 4.69) is 6.92 Å². The SMILES string of the molecule is CCC(c1cccc(F)c1)C(C)Cl. The maximum absolute atomic E-state index is 12.9. The van der Waals surface area contributed by atoms with E-state index in [4.69, 9.17) is 11.6 Å². The zero-order chi connectivity index (χ0) is 9.84. The highest BCUT2D eigenvalue weighted by Crippen LogP contribution is 2.26. The second-order valence-corrected chi connectivity index (χ2v) is 3.94. The first-order valence-corrected chi connectivity index (χ1v) is 4.98. The fraction of sp³-hybridized carbons (Fsp3) is 0.455. The smallest absolute Gasteiger partial charge is 0.123 e. The molecule has 2 heteroatoms. The third kappa shape index (κ3) is 2.70. The minimum Gasteiger partial charge on any atom is -0.207 e. The Morgan fingerprint density at radius 2 is 2.15 bits per heavy atom. The molecular weight excluding hydrogens is 187 g/mol. The van der Waals surface area contributed by atoms with Gasteiger partial charge in [0.05, 0.1) is 0 Å². The first-order chi connectivity index (χ1) is 6.15. The van der Waals surface area contributed by atoms with Gasteiger partial charge in [-0.05, 0) is 37.0 Å². The molecule has 0 nitrogen and oxygen atoms in total. The molecule has 0 bridgehead atoms. The normalized spacial score (nSPS) is 15.4. The van der Waals surface area contributed by atoms with Crippen LogP contribution in [0.15, 0.2) is 24.3 Å². The lowest BCUT2D eigenvalue weighted by Gasteiger charge is -2.17. The summed E-state index contributed by atoms with van der Waals surface area (Å²) >= 11 is 6.01. The van der Waals surface area contributed by atoms with Gasteiger partial charge in [-0.25, -0.2) is 4.39 Å². The Bertz CT molecular complexity index is 271. The standard InChI is InChI=1S/C11H14ClF/c1-3-11(8(2)12)9-5-4-6-10(13)7-9/h4-8,11H,3H2,1-2H3. The molecule has 0 amide bonds. The maximum atomic E-state index is 12.9. The van der Waals surface area contributed by atoms with Gasteiger partial charge in [-0.15, -0.1) is 11.6 Å². The van der Waals surface area contributed by atoms with Crippen molar-refractivity contribution in [2.24, 2.45) is 0 Å². The Balaban J connectivity index is 2.91. The van der Waals surface area contributed by atoms with Crippen LogP contribution in [-0.4, -0.2) is 5.38 Å². The monoisotopic (exact) mass is 200 g/mol.